The van der Waals surface area contributed by atoms with E-state index in [0.29, 0.717) is 35.8 Å². The topological polar surface area (TPSA) is 110 Å². The van der Waals surface area contributed by atoms with Gasteiger partial charge >= 0.3 is 17.6 Å². The molecule has 8 nitrogen and oxygen atoms in total. The van der Waals surface area contributed by atoms with Crippen LogP contribution in [0.25, 0.3) is 10.8 Å². The standard InChI is InChI=1S/C27H28ClN3O5S/c28-23-18-11-10-17(14-19(18)25(33)36-26(23)35-13-12-16-6-2-1-3-7-16)29-22(32)9-5-4-8-21-24-20(15-37-21)30-27(34)31-24/h1-3,6-7,10-11,14,20-21,24H,4-5,8-9,12-13,15H2,(H,29,32)(H2,30,31,34)/t20-,21-,24-/m0/s1. The number of fused-ring (bicyclic) bond motifs is 2. The number of carbonyl (C=O) groups is 2. The molecule has 2 aliphatic rings. The Hall–Kier alpha value is -3.17. The van der Waals surface area contributed by atoms with Gasteiger partial charge in [-0.05, 0) is 30.5 Å². The maximum absolute atomic E-state index is 12.6. The Morgan fingerprint density at radius 2 is 1.95 bits per heavy atom. The van der Waals surface area contributed by atoms with Gasteiger partial charge in [0, 0.05) is 34.9 Å². The van der Waals surface area contributed by atoms with Crippen molar-refractivity contribution in [2.24, 2.45) is 0 Å². The molecule has 3 N–H and O–H groups in total. The van der Waals surface area contributed by atoms with Crippen LogP contribution >= 0.6 is 23.4 Å². The summed E-state index contributed by atoms with van der Waals surface area (Å²) in [5.74, 6) is 0.797. The molecule has 0 saturated carbocycles. The summed E-state index contributed by atoms with van der Waals surface area (Å²) >= 11 is 8.33. The number of unbranched alkanes of at least 4 members (excludes halogenated alkanes) is 1. The van der Waals surface area contributed by atoms with Crippen molar-refractivity contribution in [3.63, 3.8) is 0 Å². The van der Waals surface area contributed by atoms with Gasteiger partial charge in [0.15, 0.2) is 0 Å². The van der Waals surface area contributed by atoms with Gasteiger partial charge in [-0.25, -0.2) is 9.59 Å². The van der Waals surface area contributed by atoms with Crippen LogP contribution in [0.1, 0.15) is 31.2 Å². The van der Waals surface area contributed by atoms with Gasteiger partial charge in [0.05, 0.1) is 24.1 Å². The molecular formula is C27H28ClN3O5S. The van der Waals surface area contributed by atoms with Crippen LogP contribution in [0.4, 0.5) is 10.5 Å². The number of ether oxygens (including phenoxy) is 1. The van der Waals surface area contributed by atoms with Crippen molar-refractivity contribution in [1.82, 2.24) is 10.6 Å². The smallest absolute Gasteiger partial charge is 0.346 e. The molecule has 2 saturated heterocycles. The zero-order valence-corrected chi connectivity index (χ0v) is 21.7. The van der Waals surface area contributed by atoms with E-state index in [9.17, 15) is 14.4 Å². The number of halogens is 1. The van der Waals surface area contributed by atoms with E-state index in [4.69, 9.17) is 20.8 Å². The van der Waals surface area contributed by atoms with E-state index in [1.165, 1.54) is 0 Å². The number of carbonyl (C=O) groups excluding carboxylic acids is 2. The molecule has 0 spiro atoms. The van der Waals surface area contributed by atoms with E-state index < -0.39 is 5.63 Å². The zero-order chi connectivity index (χ0) is 25.8. The highest BCUT2D eigenvalue weighted by Gasteiger charge is 2.42. The fraction of sp³-hybridized carbons (Fsp3) is 0.370. The molecule has 194 valence electrons. The number of amides is 3. The summed E-state index contributed by atoms with van der Waals surface area (Å²) in [5, 5.41) is 10.2. The number of rotatable bonds is 10. The molecule has 3 atom stereocenters. The molecule has 2 aromatic carbocycles. The average Bonchev–Trinajstić information content (AvgIpc) is 3.44. The third-order valence-electron chi connectivity index (χ3n) is 6.67. The third kappa shape index (κ3) is 6.05. The van der Waals surface area contributed by atoms with Crippen molar-refractivity contribution in [2.45, 2.75) is 49.4 Å². The minimum atomic E-state index is -0.578. The Labute approximate surface area is 223 Å². The van der Waals surface area contributed by atoms with Crippen LogP contribution in [0, 0.1) is 0 Å². The summed E-state index contributed by atoms with van der Waals surface area (Å²) < 4.78 is 11.0. The first-order valence-corrected chi connectivity index (χ1v) is 13.8. The minimum Gasteiger partial charge on any atom is -0.464 e. The Bertz CT molecular complexity index is 1350. The molecule has 1 aromatic heterocycles. The molecular weight excluding hydrogens is 514 g/mol. The second kappa shape index (κ2) is 11.5. The Kier molecular flexibility index (Phi) is 7.90. The number of anilines is 1. The van der Waals surface area contributed by atoms with Crippen LogP contribution in [0.3, 0.4) is 0 Å². The lowest BCUT2D eigenvalue weighted by atomic mass is 10.0. The first-order chi connectivity index (χ1) is 18.0. The highest BCUT2D eigenvalue weighted by atomic mass is 35.5. The predicted molar refractivity (Wildman–Crippen MR) is 146 cm³/mol. The molecule has 5 rings (SSSR count). The Morgan fingerprint density at radius 1 is 1.11 bits per heavy atom. The molecule has 0 unspecified atom stereocenters. The highest BCUT2D eigenvalue weighted by Crippen LogP contribution is 2.34. The fourth-order valence-electron chi connectivity index (χ4n) is 4.77. The van der Waals surface area contributed by atoms with Gasteiger partial charge in [0.1, 0.15) is 5.02 Å². The van der Waals surface area contributed by atoms with Gasteiger partial charge in [0.2, 0.25) is 5.91 Å². The first-order valence-electron chi connectivity index (χ1n) is 12.4. The van der Waals surface area contributed by atoms with E-state index in [1.807, 2.05) is 42.1 Å². The summed E-state index contributed by atoms with van der Waals surface area (Å²) in [5.41, 5.74) is 1.03. The van der Waals surface area contributed by atoms with E-state index in [-0.39, 0.29) is 40.4 Å². The maximum atomic E-state index is 12.6. The molecule has 0 bridgehead atoms. The van der Waals surface area contributed by atoms with Crippen LogP contribution in [0.5, 0.6) is 5.95 Å². The molecule has 2 fully saturated rings. The molecule has 10 heteroatoms. The molecule has 2 aliphatic heterocycles. The van der Waals surface area contributed by atoms with Crippen molar-refractivity contribution in [3.8, 4) is 5.95 Å². The average molecular weight is 542 g/mol. The first kappa shape index (κ1) is 25.5. The molecule has 0 aliphatic carbocycles. The summed E-state index contributed by atoms with van der Waals surface area (Å²) in [6, 6.07) is 15.1. The lowest BCUT2D eigenvalue weighted by Gasteiger charge is -2.16. The van der Waals surface area contributed by atoms with Crippen LogP contribution in [0.15, 0.2) is 57.7 Å². The van der Waals surface area contributed by atoms with E-state index in [1.54, 1.807) is 18.2 Å². The normalized spacial score (nSPS) is 20.4. The SMILES string of the molecule is O=C(CCCC[C@@H]1SC[C@@H]2NC(=O)N[C@@H]21)Nc1ccc2c(Cl)c(OCCc3ccccc3)oc(=O)c2c1. The fourth-order valence-corrected chi connectivity index (χ4v) is 6.57. The largest absolute Gasteiger partial charge is 0.464 e. The number of urea groups is 1. The van der Waals surface area contributed by atoms with Gasteiger partial charge in [-0.1, -0.05) is 54.4 Å². The van der Waals surface area contributed by atoms with Gasteiger partial charge in [-0.3, -0.25) is 4.79 Å². The van der Waals surface area contributed by atoms with E-state index in [0.717, 1.165) is 30.6 Å². The van der Waals surface area contributed by atoms with Crippen molar-refractivity contribution in [1.29, 1.82) is 0 Å². The lowest BCUT2D eigenvalue weighted by molar-refractivity contribution is -0.116. The Balaban J connectivity index is 1.12. The van der Waals surface area contributed by atoms with E-state index in [2.05, 4.69) is 16.0 Å². The number of hydrogen-bond donors (Lipinski definition) is 3. The summed E-state index contributed by atoms with van der Waals surface area (Å²) in [7, 11) is 0. The molecule has 3 aromatic rings. The third-order valence-corrected chi connectivity index (χ3v) is 8.54. The van der Waals surface area contributed by atoms with Crippen molar-refractivity contribution >= 4 is 51.8 Å². The number of nitrogens with one attached hydrogen (secondary N) is 3. The van der Waals surface area contributed by atoms with Crippen LogP contribution in [-0.4, -0.2) is 41.6 Å². The van der Waals surface area contributed by atoms with Crippen LogP contribution in [-0.2, 0) is 11.2 Å². The highest BCUT2D eigenvalue weighted by molar-refractivity contribution is 8.00. The molecule has 37 heavy (non-hydrogen) atoms. The molecule has 0 radical (unpaired) electrons. The maximum Gasteiger partial charge on any atom is 0.346 e. The molecule has 3 amide bonds. The number of benzene rings is 2. The summed E-state index contributed by atoms with van der Waals surface area (Å²) in [6.45, 7) is 0.318. The number of hydrogen-bond acceptors (Lipinski definition) is 6. The monoisotopic (exact) mass is 541 g/mol. The van der Waals surface area contributed by atoms with E-state index >= 15 is 0 Å². The van der Waals surface area contributed by atoms with Crippen molar-refractivity contribution < 1.29 is 18.7 Å². The van der Waals surface area contributed by atoms with Crippen molar-refractivity contribution in [3.05, 3.63) is 69.5 Å². The molecule has 3 heterocycles. The predicted octanol–water partition coefficient (Wildman–Crippen LogP) is 4.73. The van der Waals surface area contributed by atoms with Gasteiger partial charge in [-0.15, -0.1) is 0 Å². The minimum absolute atomic E-state index is 0.00780. The van der Waals surface area contributed by atoms with Crippen LogP contribution < -0.4 is 26.3 Å². The second-order valence-corrected chi connectivity index (χ2v) is 10.9. The number of thioether (sulfide) groups is 1. The van der Waals surface area contributed by atoms with Gasteiger partial charge < -0.3 is 25.1 Å². The Morgan fingerprint density at radius 3 is 2.78 bits per heavy atom. The van der Waals surface area contributed by atoms with Crippen LogP contribution in [0.2, 0.25) is 5.02 Å². The van der Waals surface area contributed by atoms with Gasteiger partial charge in [0.25, 0.3) is 0 Å². The zero-order valence-electron chi connectivity index (χ0n) is 20.1. The summed E-state index contributed by atoms with van der Waals surface area (Å²) in [4.78, 5) is 36.6. The van der Waals surface area contributed by atoms with Crippen molar-refractivity contribution in [2.75, 3.05) is 17.7 Å². The van der Waals surface area contributed by atoms with Gasteiger partial charge in [-0.2, -0.15) is 11.8 Å². The quantitative estimate of drug-likeness (QED) is 0.253. The lowest BCUT2D eigenvalue weighted by Crippen LogP contribution is -2.36. The second-order valence-electron chi connectivity index (χ2n) is 9.25. The summed E-state index contributed by atoms with van der Waals surface area (Å²) in [6.07, 6.45) is 3.61.